The van der Waals surface area contributed by atoms with Crippen molar-refractivity contribution in [1.29, 1.82) is 0 Å². The third-order valence-corrected chi connectivity index (χ3v) is 9.15. The minimum atomic E-state index is -0.910. The van der Waals surface area contributed by atoms with Crippen LogP contribution < -0.4 is 11.4 Å². The van der Waals surface area contributed by atoms with E-state index in [1.807, 2.05) is 13.8 Å². The Kier molecular flexibility index (Phi) is 6.31. The molecule has 3 aliphatic rings. The van der Waals surface area contributed by atoms with Gasteiger partial charge in [-0.3, -0.25) is 14.4 Å². The molecular weight excluding hydrogens is 490 g/mol. The SMILES string of the molecule is CCC1(CC)C(=O)C2=C3C1[C@H](C(=O)OC)CC(C(=O)OC)C[C@H]3n1c(=O)n(-c3ccccc3)c(=O)n1[C@H]2C. The van der Waals surface area contributed by atoms with Crippen molar-refractivity contribution in [2.24, 2.45) is 23.2 Å². The number of benzene rings is 1. The number of methoxy groups -OCH3 is 2. The van der Waals surface area contributed by atoms with Crippen LogP contribution in [0.25, 0.3) is 5.69 Å². The minimum absolute atomic E-state index is 0.0940. The molecule has 2 heterocycles. The molecule has 0 N–H and O–H groups in total. The topological polar surface area (TPSA) is 119 Å². The lowest BCUT2D eigenvalue weighted by Crippen LogP contribution is -2.41. The number of para-hydroxylation sites is 1. The number of esters is 2. The molecule has 0 amide bonds. The van der Waals surface area contributed by atoms with E-state index in [-0.39, 0.29) is 18.6 Å². The summed E-state index contributed by atoms with van der Waals surface area (Å²) in [7, 11) is 2.59. The Labute approximate surface area is 219 Å². The van der Waals surface area contributed by atoms with Gasteiger partial charge in [-0.15, -0.1) is 0 Å². The highest BCUT2D eigenvalue weighted by Gasteiger charge is 2.62. The van der Waals surface area contributed by atoms with Crippen molar-refractivity contribution in [3.05, 3.63) is 62.4 Å². The smallest absolute Gasteiger partial charge is 0.352 e. The summed E-state index contributed by atoms with van der Waals surface area (Å²) in [6, 6.07) is 7.12. The summed E-state index contributed by atoms with van der Waals surface area (Å²) in [4.78, 5) is 68.3. The Balaban J connectivity index is 1.84. The zero-order chi connectivity index (χ0) is 27.5. The van der Waals surface area contributed by atoms with Crippen molar-refractivity contribution < 1.29 is 23.9 Å². The molecule has 2 aromatic rings. The standard InChI is InChI=1S/C28H33N3O7/c1-6-28(7-2)22-18(25(34)38-5)13-16(24(33)37-4)14-19-21(22)20(23(28)32)15(3)30-26(35)29(27(36)31(19)30)17-11-9-8-10-12-17/h8-12,15-16,18-19,22H,6-7,13-14H2,1-5H3/t15-,16?,18+,19+,22?/m0/s1. The van der Waals surface area contributed by atoms with E-state index in [1.165, 1.54) is 23.6 Å². The van der Waals surface area contributed by atoms with E-state index in [2.05, 4.69) is 0 Å². The average Bonchev–Trinajstić information content (AvgIpc) is 3.26. The van der Waals surface area contributed by atoms with E-state index in [4.69, 9.17) is 9.47 Å². The first-order chi connectivity index (χ1) is 18.2. The van der Waals surface area contributed by atoms with Crippen LogP contribution in [0.2, 0.25) is 0 Å². The van der Waals surface area contributed by atoms with Gasteiger partial charge in [-0.2, -0.15) is 0 Å². The van der Waals surface area contributed by atoms with Gasteiger partial charge in [0.15, 0.2) is 5.78 Å². The van der Waals surface area contributed by atoms with Crippen molar-refractivity contribution in [1.82, 2.24) is 13.9 Å². The maximum atomic E-state index is 14.3. The number of carbonyl (C=O) groups excluding carboxylic acids is 3. The fourth-order valence-electron chi connectivity index (χ4n) is 7.37. The molecule has 1 saturated carbocycles. The number of allylic oxidation sites excluding steroid dienone is 2. The van der Waals surface area contributed by atoms with Gasteiger partial charge in [0.25, 0.3) is 0 Å². The molecule has 2 unspecified atom stereocenters. The first-order valence-corrected chi connectivity index (χ1v) is 13.1. The van der Waals surface area contributed by atoms with Crippen molar-refractivity contribution >= 4 is 17.7 Å². The second-order valence-corrected chi connectivity index (χ2v) is 10.5. The molecule has 0 spiro atoms. The predicted molar refractivity (Wildman–Crippen MR) is 137 cm³/mol. The third kappa shape index (κ3) is 3.28. The number of Topliss-reactive ketones (excluding diaryl/α,β-unsaturated/α-hetero) is 1. The van der Waals surface area contributed by atoms with Crippen LogP contribution in [0.5, 0.6) is 0 Å². The van der Waals surface area contributed by atoms with Crippen molar-refractivity contribution in [2.45, 2.75) is 58.5 Å². The number of ether oxygens (including phenoxy) is 2. The predicted octanol–water partition coefficient (Wildman–Crippen LogP) is 2.59. The van der Waals surface area contributed by atoms with E-state index in [9.17, 15) is 24.0 Å². The number of fused-ring (bicyclic) bond motifs is 2. The number of rotatable bonds is 5. The monoisotopic (exact) mass is 523 g/mol. The summed E-state index contributed by atoms with van der Waals surface area (Å²) >= 11 is 0. The molecule has 0 bridgehead atoms. The van der Waals surface area contributed by atoms with Crippen LogP contribution >= 0.6 is 0 Å². The summed E-state index contributed by atoms with van der Waals surface area (Å²) in [5.74, 6) is -3.17. The Hall–Kier alpha value is -3.69. The normalized spacial score (nSPS) is 27.4. The van der Waals surface area contributed by atoms with Crippen LogP contribution in [0.1, 0.15) is 58.5 Å². The largest absolute Gasteiger partial charge is 0.469 e. The first-order valence-electron chi connectivity index (χ1n) is 13.1. The third-order valence-electron chi connectivity index (χ3n) is 9.15. The van der Waals surface area contributed by atoms with E-state index < -0.39 is 58.6 Å². The number of carbonyl (C=O) groups is 3. The van der Waals surface area contributed by atoms with E-state index in [0.29, 0.717) is 29.7 Å². The van der Waals surface area contributed by atoms with Crippen molar-refractivity contribution in [3.63, 3.8) is 0 Å². The highest BCUT2D eigenvalue weighted by molar-refractivity contribution is 6.05. The van der Waals surface area contributed by atoms with Crippen LogP contribution in [0.15, 0.2) is 51.1 Å². The quantitative estimate of drug-likeness (QED) is 0.553. The van der Waals surface area contributed by atoms with Crippen molar-refractivity contribution in [3.8, 4) is 5.69 Å². The second-order valence-electron chi connectivity index (χ2n) is 10.5. The van der Waals surface area contributed by atoms with Gasteiger partial charge < -0.3 is 9.47 Å². The molecule has 1 aromatic heterocycles. The molecule has 1 fully saturated rings. The minimum Gasteiger partial charge on any atom is -0.469 e. The van der Waals surface area contributed by atoms with Gasteiger partial charge in [0.1, 0.15) is 0 Å². The summed E-state index contributed by atoms with van der Waals surface area (Å²) in [5, 5.41) is 0. The zero-order valence-corrected chi connectivity index (χ0v) is 22.3. The van der Waals surface area contributed by atoms with Gasteiger partial charge in [0, 0.05) is 16.9 Å². The van der Waals surface area contributed by atoms with Gasteiger partial charge in [0.05, 0.1) is 43.8 Å². The maximum absolute atomic E-state index is 14.3. The highest BCUT2D eigenvalue weighted by atomic mass is 16.5. The average molecular weight is 524 g/mol. The highest BCUT2D eigenvalue weighted by Crippen LogP contribution is 2.61. The van der Waals surface area contributed by atoms with Gasteiger partial charge in [-0.25, -0.2) is 23.5 Å². The molecule has 0 saturated heterocycles. The number of aromatic nitrogens is 3. The Morgan fingerprint density at radius 3 is 2.11 bits per heavy atom. The molecule has 2 aliphatic carbocycles. The van der Waals surface area contributed by atoms with Crippen LogP contribution in [-0.4, -0.2) is 45.9 Å². The molecule has 5 atom stereocenters. The lowest BCUT2D eigenvalue weighted by molar-refractivity contribution is -0.152. The molecule has 10 nitrogen and oxygen atoms in total. The Bertz CT molecular complexity index is 1460. The number of hydrogen-bond acceptors (Lipinski definition) is 7. The summed E-state index contributed by atoms with van der Waals surface area (Å²) < 4.78 is 14.1. The number of hydrogen-bond donors (Lipinski definition) is 0. The first kappa shape index (κ1) is 25.9. The molecule has 202 valence electrons. The fourth-order valence-corrected chi connectivity index (χ4v) is 7.37. The van der Waals surface area contributed by atoms with E-state index in [1.54, 1.807) is 37.3 Å². The summed E-state index contributed by atoms with van der Waals surface area (Å²) in [5.41, 5.74) is -0.461. The molecule has 1 aliphatic heterocycles. The van der Waals surface area contributed by atoms with Crippen LogP contribution in [0.4, 0.5) is 0 Å². The van der Waals surface area contributed by atoms with Gasteiger partial charge in [-0.1, -0.05) is 32.0 Å². The van der Waals surface area contributed by atoms with Crippen LogP contribution in [0.3, 0.4) is 0 Å². The van der Waals surface area contributed by atoms with Crippen molar-refractivity contribution in [2.75, 3.05) is 14.2 Å². The number of nitrogens with zero attached hydrogens (tertiary/aromatic N) is 3. The fraction of sp³-hybridized carbons (Fsp3) is 0.536. The Morgan fingerprint density at radius 1 is 0.921 bits per heavy atom. The van der Waals surface area contributed by atoms with Crippen LogP contribution in [0, 0.1) is 23.2 Å². The molecule has 5 rings (SSSR count). The Morgan fingerprint density at radius 2 is 1.53 bits per heavy atom. The summed E-state index contributed by atoms with van der Waals surface area (Å²) in [6.07, 6.45) is 1.18. The van der Waals surface area contributed by atoms with E-state index in [0.717, 1.165) is 4.57 Å². The molecular formula is C28H33N3O7. The molecule has 0 radical (unpaired) electrons. The molecule has 10 heteroatoms. The van der Waals surface area contributed by atoms with E-state index >= 15 is 0 Å². The van der Waals surface area contributed by atoms with Gasteiger partial charge in [-0.05, 0) is 50.3 Å². The lowest BCUT2D eigenvalue weighted by Gasteiger charge is -2.38. The van der Waals surface area contributed by atoms with Crippen LogP contribution in [-0.2, 0) is 23.9 Å². The maximum Gasteiger partial charge on any atom is 0.352 e. The van der Waals surface area contributed by atoms with Gasteiger partial charge in [0.2, 0.25) is 0 Å². The van der Waals surface area contributed by atoms with Gasteiger partial charge >= 0.3 is 23.3 Å². The number of ketones is 1. The second kappa shape index (κ2) is 9.25. The lowest BCUT2D eigenvalue weighted by atomic mass is 9.64. The zero-order valence-electron chi connectivity index (χ0n) is 22.3. The molecule has 1 aromatic carbocycles. The summed E-state index contributed by atoms with van der Waals surface area (Å²) in [6.45, 7) is 5.59. The molecule has 38 heavy (non-hydrogen) atoms.